The second-order valence-electron chi connectivity index (χ2n) is 6.08. The van der Waals surface area contributed by atoms with Crippen molar-refractivity contribution in [3.63, 3.8) is 0 Å². The van der Waals surface area contributed by atoms with Crippen LogP contribution >= 0.6 is 0 Å². The summed E-state index contributed by atoms with van der Waals surface area (Å²) in [7, 11) is 1.46. The number of ether oxygens (including phenoxy) is 1. The van der Waals surface area contributed by atoms with E-state index in [9.17, 15) is 14.4 Å². The van der Waals surface area contributed by atoms with Crippen LogP contribution in [0.5, 0.6) is 0 Å². The van der Waals surface area contributed by atoms with E-state index in [4.69, 9.17) is 10.00 Å². The van der Waals surface area contributed by atoms with Gasteiger partial charge in [-0.1, -0.05) is 31.2 Å². The van der Waals surface area contributed by atoms with Crippen molar-refractivity contribution < 1.29 is 19.1 Å². The van der Waals surface area contributed by atoms with Gasteiger partial charge in [-0.2, -0.15) is 5.26 Å². The van der Waals surface area contributed by atoms with Crippen molar-refractivity contribution in [1.29, 1.82) is 5.26 Å². The van der Waals surface area contributed by atoms with E-state index < -0.39 is 18.5 Å². The van der Waals surface area contributed by atoms with E-state index in [1.165, 1.54) is 24.1 Å². The van der Waals surface area contributed by atoms with Crippen molar-refractivity contribution in [1.82, 2.24) is 4.90 Å². The SMILES string of the molecule is CCc1ccccc1NC(=O)CN(C)C(=O)COC(=O)c1cccc(C#N)c1. The Bertz CT molecular complexity index is 918. The first-order chi connectivity index (χ1) is 13.4. The summed E-state index contributed by atoms with van der Waals surface area (Å²) < 4.78 is 4.98. The van der Waals surface area contributed by atoms with Gasteiger partial charge >= 0.3 is 5.97 Å². The Morgan fingerprint density at radius 2 is 1.89 bits per heavy atom. The smallest absolute Gasteiger partial charge is 0.338 e. The quantitative estimate of drug-likeness (QED) is 0.745. The highest BCUT2D eigenvalue weighted by Crippen LogP contribution is 2.15. The van der Waals surface area contributed by atoms with Gasteiger partial charge in [0.2, 0.25) is 5.91 Å². The van der Waals surface area contributed by atoms with Crippen LogP contribution in [0.4, 0.5) is 5.69 Å². The Labute approximate surface area is 163 Å². The molecule has 0 radical (unpaired) electrons. The zero-order valence-corrected chi connectivity index (χ0v) is 15.8. The van der Waals surface area contributed by atoms with Crippen LogP contribution in [-0.4, -0.2) is 42.9 Å². The number of anilines is 1. The highest BCUT2D eigenvalue weighted by atomic mass is 16.5. The van der Waals surface area contributed by atoms with Gasteiger partial charge in [0, 0.05) is 12.7 Å². The lowest BCUT2D eigenvalue weighted by Crippen LogP contribution is -2.37. The molecule has 2 rings (SSSR count). The molecule has 0 aliphatic carbocycles. The molecule has 0 unspecified atom stereocenters. The molecule has 0 aliphatic rings. The van der Waals surface area contributed by atoms with E-state index in [2.05, 4.69) is 5.32 Å². The van der Waals surface area contributed by atoms with Gasteiger partial charge < -0.3 is 15.0 Å². The number of esters is 1. The summed E-state index contributed by atoms with van der Waals surface area (Å²) >= 11 is 0. The maximum Gasteiger partial charge on any atom is 0.338 e. The van der Waals surface area contributed by atoms with Crippen LogP contribution in [-0.2, 0) is 20.7 Å². The first kappa shape index (κ1) is 20.6. The third kappa shape index (κ3) is 5.68. The molecule has 0 atom stereocenters. The van der Waals surface area contributed by atoms with E-state index >= 15 is 0 Å². The summed E-state index contributed by atoms with van der Waals surface area (Å²) in [5.41, 5.74) is 2.21. The minimum Gasteiger partial charge on any atom is -0.452 e. The van der Waals surface area contributed by atoms with Crippen LogP contribution in [0.3, 0.4) is 0 Å². The third-order valence-corrected chi connectivity index (χ3v) is 4.03. The Morgan fingerprint density at radius 3 is 2.61 bits per heavy atom. The van der Waals surface area contributed by atoms with Crippen molar-refractivity contribution in [2.24, 2.45) is 0 Å². The highest BCUT2D eigenvalue weighted by Gasteiger charge is 2.16. The summed E-state index contributed by atoms with van der Waals surface area (Å²) in [5, 5.41) is 11.6. The fourth-order valence-corrected chi connectivity index (χ4v) is 2.48. The molecular formula is C21H21N3O4. The molecule has 0 aliphatic heterocycles. The van der Waals surface area contributed by atoms with Crippen LogP contribution in [0, 0.1) is 11.3 Å². The van der Waals surface area contributed by atoms with Crippen molar-refractivity contribution in [3.05, 3.63) is 65.2 Å². The predicted octanol–water partition coefficient (Wildman–Crippen LogP) is 2.37. The van der Waals surface area contributed by atoms with Crippen molar-refractivity contribution in [3.8, 4) is 6.07 Å². The normalized spacial score (nSPS) is 9.89. The molecule has 2 amide bonds. The fraction of sp³-hybridized carbons (Fsp3) is 0.238. The zero-order valence-electron chi connectivity index (χ0n) is 15.8. The van der Waals surface area contributed by atoms with E-state index in [-0.39, 0.29) is 18.0 Å². The molecule has 0 spiro atoms. The molecule has 0 saturated carbocycles. The van der Waals surface area contributed by atoms with Gasteiger partial charge in [0.1, 0.15) is 0 Å². The second-order valence-corrected chi connectivity index (χ2v) is 6.08. The monoisotopic (exact) mass is 379 g/mol. The number of hydrogen-bond acceptors (Lipinski definition) is 5. The maximum absolute atomic E-state index is 12.2. The van der Waals surface area contributed by atoms with Crippen molar-refractivity contribution in [2.75, 3.05) is 25.5 Å². The van der Waals surface area contributed by atoms with E-state index in [1.54, 1.807) is 18.2 Å². The molecular weight excluding hydrogens is 358 g/mol. The summed E-state index contributed by atoms with van der Waals surface area (Å²) in [4.78, 5) is 37.5. The largest absolute Gasteiger partial charge is 0.452 e. The predicted molar refractivity (Wildman–Crippen MR) is 104 cm³/mol. The van der Waals surface area contributed by atoms with Crippen LogP contribution < -0.4 is 5.32 Å². The van der Waals surface area contributed by atoms with Crippen LogP contribution in [0.2, 0.25) is 0 Å². The molecule has 0 aromatic heterocycles. The van der Waals surface area contributed by atoms with Crippen molar-refractivity contribution in [2.45, 2.75) is 13.3 Å². The number of rotatable bonds is 7. The number of nitrogens with zero attached hydrogens (tertiary/aromatic N) is 2. The molecule has 144 valence electrons. The molecule has 28 heavy (non-hydrogen) atoms. The summed E-state index contributed by atoms with van der Waals surface area (Å²) in [6, 6.07) is 15.4. The second kappa shape index (κ2) is 9.88. The lowest BCUT2D eigenvalue weighted by atomic mass is 10.1. The van der Waals surface area contributed by atoms with Crippen molar-refractivity contribution >= 4 is 23.5 Å². The van der Waals surface area contributed by atoms with Crippen LogP contribution in [0.15, 0.2) is 48.5 Å². The molecule has 2 aromatic carbocycles. The third-order valence-electron chi connectivity index (χ3n) is 4.03. The molecule has 0 bridgehead atoms. The topological polar surface area (TPSA) is 99.5 Å². The van der Waals surface area contributed by atoms with Gasteiger partial charge in [-0.15, -0.1) is 0 Å². The van der Waals surface area contributed by atoms with Gasteiger partial charge in [-0.3, -0.25) is 9.59 Å². The first-order valence-corrected chi connectivity index (χ1v) is 8.73. The molecule has 2 aromatic rings. The molecule has 7 nitrogen and oxygen atoms in total. The molecule has 0 saturated heterocycles. The highest BCUT2D eigenvalue weighted by molar-refractivity contribution is 5.96. The number of carbonyl (C=O) groups excluding carboxylic acids is 3. The van der Waals surface area contributed by atoms with E-state index in [1.807, 2.05) is 31.2 Å². The van der Waals surface area contributed by atoms with Gasteiger partial charge in [0.05, 0.1) is 23.7 Å². The number of hydrogen-bond donors (Lipinski definition) is 1. The minimum absolute atomic E-state index is 0.168. The number of para-hydroxylation sites is 1. The molecule has 1 N–H and O–H groups in total. The van der Waals surface area contributed by atoms with E-state index in [0.717, 1.165) is 12.0 Å². The number of nitriles is 1. The Morgan fingerprint density at radius 1 is 1.14 bits per heavy atom. The fourth-order valence-electron chi connectivity index (χ4n) is 2.48. The number of aryl methyl sites for hydroxylation is 1. The van der Waals surface area contributed by atoms with E-state index in [0.29, 0.717) is 11.3 Å². The molecule has 0 fully saturated rings. The average Bonchev–Trinajstić information content (AvgIpc) is 2.71. The van der Waals surface area contributed by atoms with Gasteiger partial charge in [-0.25, -0.2) is 4.79 Å². The Kier molecular flexibility index (Phi) is 7.28. The van der Waals surface area contributed by atoms with Gasteiger partial charge in [-0.05, 0) is 36.2 Å². The lowest BCUT2D eigenvalue weighted by Gasteiger charge is -2.17. The first-order valence-electron chi connectivity index (χ1n) is 8.73. The molecule has 0 heterocycles. The standard InChI is InChI=1S/C21H21N3O4/c1-3-16-8-4-5-10-18(16)23-19(25)13-24(2)20(26)14-28-21(27)17-9-6-7-15(11-17)12-22/h4-11H,3,13-14H2,1-2H3,(H,23,25). The average molecular weight is 379 g/mol. The zero-order chi connectivity index (χ0) is 20.5. The van der Waals surface area contributed by atoms with Crippen LogP contribution in [0.25, 0.3) is 0 Å². The van der Waals surface area contributed by atoms with Crippen LogP contribution in [0.1, 0.15) is 28.4 Å². The summed E-state index contributed by atoms with van der Waals surface area (Å²) in [6.07, 6.45) is 0.772. The maximum atomic E-state index is 12.2. The number of benzene rings is 2. The Balaban J connectivity index is 1.86. The summed E-state index contributed by atoms with van der Waals surface area (Å²) in [6.45, 7) is 1.32. The minimum atomic E-state index is -0.708. The number of likely N-dealkylation sites (N-methyl/N-ethyl adjacent to an activating group) is 1. The number of nitrogens with one attached hydrogen (secondary N) is 1. The lowest BCUT2D eigenvalue weighted by molar-refractivity contribution is -0.136. The Hall–Kier alpha value is -3.66. The number of carbonyl (C=O) groups is 3. The number of amides is 2. The van der Waals surface area contributed by atoms with Gasteiger partial charge in [0.25, 0.3) is 5.91 Å². The summed E-state index contributed by atoms with van der Waals surface area (Å²) in [5.74, 6) is -1.56. The van der Waals surface area contributed by atoms with Gasteiger partial charge in [0.15, 0.2) is 6.61 Å². The molecule has 7 heteroatoms.